The van der Waals surface area contributed by atoms with Crippen LogP contribution in [0.5, 0.6) is 0 Å². The standard InChI is InChI=1S/C20H19FO2S/c1-12(2)18-17(20(22)23)16(13-8-10-15(21)11-9-13)19(24-18)14-6-4-3-5-7-14/h3-12,18-19H,1-2H3,(H,22,23). The van der Waals surface area contributed by atoms with Gasteiger partial charge in [-0.25, -0.2) is 9.18 Å². The van der Waals surface area contributed by atoms with Crippen molar-refractivity contribution < 1.29 is 14.3 Å². The molecule has 0 aliphatic carbocycles. The summed E-state index contributed by atoms with van der Waals surface area (Å²) >= 11 is 1.67. The molecule has 0 saturated carbocycles. The van der Waals surface area contributed by atoms with Gasteiger partial charge in [-0.1, -0.05) is 56.3 Å². The predicted molar refractivity (Wildman–Crippen MR) is 96.4 cm³/mol. The summed E-state index contributed by atoms with van der Waals surface area (Å²) in [6.45, 7) is 4.08. The lowest BCUT2D eigenvalue weighted by atomic mass is 9.89. The van der Waals surface area contributed by atoms with Crippen molar-refractivity contribution in [3.05, 3.63) is 77.1 Å². The van der Waals surface area contributed by atoms with Crippen molar-refractivity contribution in [3.63, 3.8) is 0 Å². The Kier molecular flexibility index (Phi) is 4.76. The maximum absolute atomic E-state index is 13.3. The van der Waals surface area contributed by atoms with Crippen LogP contribution in [0.2, 0.25) is 0 Å². The van der Waals surface area contributed by atoms with Crippen LogP contribution in [-0.4, -0.2) is 16.3 Å². The SMILES string of the molecule is CC(C)C1SC(c2ccccc2)C(c2ccc(F)cc2)=C1C(=O)O. The quantitative estimate of drug-likeness (QED) is 0.832. The lowest BCUT2D eigenvalue weighted by Gasteiger charge is -2.17. The molecule has 2 atom stereocenters. The predicted octanol–water partition coefficient (Wildman–Crippen LogP) is 5.18. The summed E-state index contributed by atoms with van der Waals surface area (Å²) in [5.74, 6) is -1.01. The van der Waals surface area contributed by atoms with Gasteiger partial charge in [-0.05, 0) is 34.8 Å². The zero-order valence-corrected chi connectivity index (χ0v) is 14.4. The summed E-state index contributed by atoms with van der Waals surface area (Å²) in [5, 5.41) is 9.69. The summed E-state index contributed by atoms with van der Waals surface area (Å²) < 4.78 is 13.3. The molecule has 1 N–H and O–H groups in total. The molecule has 4 heteroatoms. The number of rotatable bonds is 4. The van der Waals surface area contributed by atoms with E-state index in [4.69, 9.17) is 0 Å². The molecule has 0 radical (unpaired) electrons. The molecule has 2 aromatic rings. The van der Waals surface area contributed by atoms with Gasteiger partial charge in [-0.15, -0.1) is 11.8 Å². The fraction of sp³-hybridized carbons (Fsp3) is 0.250. The van der Waals surface area contributed by atoms with Crippen LogP contribution in [-0.2, 0) is 4.79 Å². The van der Waals surface area contributed by atoms with Crippen LogP contribution in [0.3, 0.4) is 0 Å². The van der Waals surface area contributed by atoms with Crippen LogP contribution in [0.1, 0.15) is 30.2 Å². The van der Waals surface area contributed by atoms with Gasteiger partial charge in [0.2, 0.25) is 0 Å². The van der Waals surface area contributed by atoms with Gasteiger partial charge >= 0.3 is 5.97 Å². The zero-order chi connectivity index (χ0) is 17.3. The van der Waals surface area contributed by atoms with E-state index in [0.717, 1.165) is 16.7 Å². The second-order valence-electron chi connectivity index (χ2n) is 6.23. The van der Waals surface area contributed by atoms with Crippen LogP contribution in [0.4, 0.5) is 4.39 Å². The maximum atomic E-state index is 13.3. The Labute approximate surface area is 145 Å². The first-order valence-corrected chi connectivity index (χ1v) is 8.87. The van der Waals surface area contributed by atoms with E-state index >= 15 is 0 Å². The number of hydrogen-bond acceptors (Lipinski definition) is 2. The molecule has 0 fully saturated rings. The Morgan fingerprint density at radius 2 is 1.71 bits per heavy atom. The molecule has 24 heavy (non-hydrogen) atoms. The minimum Gasteiger partial charge on any atom is -0.478 e. The third-order valence-electron chi connectivity index (χ3n) is 4.21. The Morgan fingerprint density at radius 3 is 2.25 bits per heavy atom. The van der Waals surface area contributed by atoms with Crippen LogP contribution < -0.4 is 0 Å². The van der Waals surface area contributed by atoms with Crippen molar-refractivity contribution in [1.29, 1.82) is 0 Å². The van der Waals surface area contributed by atoms with Gasteiger partial charge in [-0.2, -0.15) is 0 Å². The first-order chi connectivity index (χ1) is 11.5. The van der Waals surface area contributed by atoms with E-state index in [2.05, 4.69) is 0 Å². The number of hydrogen-bond donors (Lipinski definition) is 1. The fourth-order valence-electron chi connectivity index (χ4n) is 3.11. The topological polar surface area (TPSA) is 37.3 Å². The molecule has 2 unspecified atom stereocenters. The first-order valence-electron chi connectivity index (χ1n) is 7.92. The molecule has 124 valence electrons. The molecule has 0 saturated heterocycles. The largest absolute Gasteiger partial charge is 0.478 e. The highest BCUT2D eigenvalue weighted by molar-refractivity contribution is 8.01. The normalized spacial score (nSPS) is 20.7. The number of thioether (sulfide) groups is 1. The Balaban J connectivity index is 2.19. The highest BCUT2D eigenvalue weighted by atomic mass is 32.2. The smallest absolute Gasteiger partial charge is 0.333 e. The molecule has 3 rings (SSSR count). The molecular weight excluding hydrogens is 323 g/mol. The van der Waals surface area contributed by atoms with E-state index < -0.39 is 5.97 Å². The van der Waals surface area contributed by atoms with Crippen molar-refractivity contribution in [2.75, 3.05) is 0 Å². The summed E-state index contributed by atoms with van der Waals surface area (Å²) in [5.41, 5.74) is 3.08. The maximum Gasteiger partial charge on any atom is 0.333 e. The number of halogens is 1. The molecule has 1 aliphatic heterocycles. The van der Waals surface area contributed by atoms with Crippen molar-refractivity contribution in [2.45, 2.75) is 24.3 Å². The summed E-state index contributed by atoms with van der Waals surface area (Å²) in [7, 11) is 0. The Morgan fingerprint density at radius 1 is 1.08 bits per heavy atom. The lowest BCUT2D eigenvalue weighted by Crippen LogP contribution is -2.18. The Bertz CT molecular complexity index is 766. The summed E-state index contributed by atoms with van der Waals surface area (Å²) in [6.07, 6.45) is 0. The molecule has 0 amide bonds. The Hall–Kier alpha value is -2.07. The van der Waals surface area contributed by atoms with Gasteiger partial charge < -0.3 is 5.11 Å². The van der Waals surface area contributed by atoms with Crippen LogP contribution in [0.25, 0.3) is 5.57 Å². The first kappa shape index (κ1) is 16.8. The number of carboxylic acid groups (broad SMARTS) is 1. The molecule has 2 nitrogen and oxygen atoms in total. The molecule has 2 aromatic carbocycles. The average molecular weight is 342 g/mol. The molecular formula is C20H19FO2S. The van der Waals surface area contributed by atoms with Crippen LogP contribution >= 0.6 is 11.8 Å². The van der Waals surface area contributed by atoms with Crippen molar-refractivity contribution in [3.8, 4) is 0 Å². The van der Waals surface area contributed by atoms with Crippen molar-refractivity contribution >= 4 is 23.3 Å². The summed E-state index contributed by atoms with van der Waals surface area (Å²) in [6, 6.07) is 16.0. The van der Waals surface area contributed by atoms with Crippen molar-refractivity contribution in [1.82, 2.24) is 0 Å². The van der Waals surface area contributed by atoms with E-state index in [-0.39, 0.29) is 22.2 Å². The van der Waals surface area contributed by atoms with Gasteiger partial charge in [0.1, 0.15) is 5.82 Å². The third kappa shape index (κ3) is 3.11. The van der Waals surface area contributed by atoms with E-state index in [1.165, 1.54) is 12.1 Å². The monoisotopic (exact) mass is 342 g/mol. The second-order valence-corrected chi connectivity index (χ2v) is 7.48. The van der Waals surface area contributed by atoms with Gasteiger partial charge in [-0.3, -0.25) is 0 Å². The average Bonchev–Trinajstić information content (AvgIpc) is 2.97. The molecule has 1 heterocycles. The van der Waals surface area contributed by atoms with E-state index in [9.17, 15) is 14.3 Å². The highest BCUT2D eigenvalue weighted by Gasteiger charge is 2.40. The van der Waals surface area contributed by atoms with Gasteiger partial charge in [0.05, 0.1) is 10.8 Å². The van der Waals surface area contributed by atoms with E-state index in [1.807, 2.05) is 44.2 Å². The highest BCUT2D eigenvalue weighted by Crippen LogP contribution is 2.54. The van der Waals surface area contributed by atoms with Crippen molar-refractivity contribution in [2.24, 2.45) is 5.92 Å². The minimum absolute atomic E-state index is 0.0600. The van der Waals surface area contributed by atoms with Gasteiger partial charge in [0.25, 0.3) is 0 Å². The van der Waals surface area contributed by atoms with Gasteiger partial charge in [0, 0.05) is 5.25 Å². The minimum atomic E-state index is -0.890. The lowest BCUT2D eigenvalue weighted by molar-refractivity contribution is -0.132. The fourth-order valence-corrected chi connectivity index (χ4v) is 4.80. The number of benzene rings is 2. The molecule has 1 aliphatic rings. The molecule has 0 bridgehead atoms. The van der Waals surface area contributed by atoms with Crippen LogP contribution in [0, 0.1) is 11.7 Å². The third-order valence-corrected chi connectivity index (χ3v) is 6.07. The van der Waals surface area contributed by atoms with E-state index in [0.29, 0.717) is 5.57 Å². The second kappa shape index (κ2) is 6.81. The van der Waals surface area contributed by atoms with E-state index in [1.54, 1.807) is 23.9 Å². The molecule has 0 spiro atoms. The number of carboxylic acids is 1. The van der Waals surface area contributed by atoms with Gasteiger partial charge in [0.15, 0.2) is 0 Å². The number of carbonyl (C=O) groups is 1. The van der Waals surface area contributed by atoms with Crippen LogP contribution in [0.15, 0.2) is 60.2 Å². The zero-order valence-electron chi connectivity index (χ0n) is 13.6. The molecule has 0 aromatic heterocycles. The summed E-state index contributed by atoms with van der Waals surface area (Å²) in [4.78, 5) is 12.0. The number of aliphatic carboxylic acids is 1.